The Morgan fingerprint density at radius 3 is 2.63 bits per heavy atom. The van der Waals surface area contributed by atoms with Gasteiger partial charge in [-0.15, -0.1) is 11.8 Å². The number of hydrogen-bond acceptors (Lipinski definition) is 3. The van der Waals surface area contributed by atoms with Crippen LogP contribution in [0.1, 0.15) is 37.8 Å². The lowest BCUT2D eigenvalue weighted by Crippen LogP contribution is -2.45. The van der Waals surface area contributed by atoms with Crippen molar-refractivity contribution < 1.29 is 9.90 Å². The molecule has 1 aliphatic rings. The molecule has 104 valence electrons. The molecule has 2 rings (SSSR count). The van der Waals surface area contributed by atoms with Crippen molar-refractivity contribution in [3.05, 3.63) is 29.8 Å². The van der Waals surface area contributed by atoms with Gasteiger partial charge in [0.2, 0.25) is 0 Å². The molecule has 2 atom stereocenters. The van der Waals surface area contributed by atoms with Crippen LogP contribution in [0, 0.1) is 0 Å². The fourth-order valence-corrected chi connectivity index (χ4v) is 3.16. The van der Waals surface area contributed by atoms with Crippen LogP contribution in [0.2, 0.25) is 0 Å². The van der Waals surface area contributed by atoms with Crippen LogP contribution < -0.4 is 0 Å². The summed E-state index contributed by atoms with van der Waals surface area (Å²) < 4.78 is 0. The normalized spacial score (nSPS) is 22.1. The first-order valence-corrected chi connectivity index (χ1v) is 7.98. The molecule has 19 heavy (non-hydrogen) atoms. The van der Waals surface area contributed by atoms with Gasteiger partial charge in [0.05, 0.1) is 0 Å². The van der Waals surface area contributed by atoms with E-state index >= 15 is 0 Å². The van der Waals surface area contributed by atoms with Gasteiger partial charge in [-0.25, -0.2) is 0 Å². The van der Waals surface area contributed by atoms with Crippen molar-refractivity contribution in [3.8, 4) is 0 Å². The summed E-state index contributed by atoms with van der Waals surface area (Å²) in [7, 11) is 0. The molecule has 1 heterocycles. The smallest absolute Gasteiger partial charge is 0.320 e. The molecule has 0 aliphatic carbocycles. The van der Waals surface area contributed by atoms with Crippen molar-refractivity contribution in [2.45, 2.75) is 43.2 Å². The molecule has 0 saturated carbocycles. The van der Waals surface area contributed by atoms with Crippen LogP contribution in [0.25, 0.3) is 0 Å². The first-order valence-electron chi connectivity index (χ1n) is 6.76. The van der Waals surface area contributed by atoms with Crippen molar-refractivity contribution in [2.24, 2.45) is 0 Å². The zero-order valence-electron chi connectivity index (χ0n) is 11.5. The summed E-state index contributed by atoms with van der Waals surface area (Å²) in [5.41, 5.74) is 1.20. The Morgan fingerprint density at radius 2 is 2.05 bits per heavy atom. The third-order valence-corrected chi connectivity index (χ3v) is 4.67. The molecule has 0 spiro atoms. The van der Waals surface area contributed by atoms with Gasteiger partial charge in [-0.3, -0.25) is 9.69 Å². The quantitative estimate of drug-likeness (QED) is 0.858. The van der Waals surface area contributed by atoms with Gasteiger partial charge < -0.3 is 5.11 Å². The van der Waals surface area contributed by atoms with Crippen LogP contribution in [0.5, 0.6) is 0 Å². The molecule has 1 N–H and O–H groups in total. The number of rotatable bonds is 4. The van der Waals surface area contributed by atoms with Crippen LogP contribution in [0.4, 0.5) is 0 Å². The Kier molecular flexibility index (Phi) is 4.88. The molecule has 1 aromatic carbocycles. The second-order valence-corrected chi connectivity index (χ2v) is 5.92. The minimum atomic E-state index is -0.688. The highest BCUT2D eigenvalue weighted by molar-refractivity contribution is 7.98. The fourth-order valence-electron chi connectivity index (χ4n) is 2.76. The van der Waals surface area contributed by atoms with Gasteiger partial charge in [-0.05, 0) is 50.3 Å². The summed E-state index contributed by atoms with van der Waals surface area (Å²) in [4.78, 5) is 14.7. The lowest BCUT2D eigenvalue weighted by Gasteiger charge is -2.37. The molecule has 1 saturated heterocycles. The van der Waals surface area contributed by atoms with Gasteiger partial charge in [0.25, 0.3) is 0 Å². The number of carbonyl (C=O) groups is 1. The average molecular weight is 279 g/mol. The zero-order chi connectivity index (χ0) is 13.8. The number of thioether (sulfide) groups is 1. The highest BCUT2D eigenvalue weighted by Gasteiger charge is 2.31. The second kappa shape index (κ2) is 6.44. The Bertz CT molecular complexity index is 432. The topological polar surface area (TPSA) is 40.5 Å². The van der Waals surface area contributed by atoms with E-state index in [1.165, 1.54) is 10.5 Å². The Morgan fingerprint density at radius 1 is 1.37 bits per heavy atom. The Labute approximate surface area is 119 Å². The van der Waals surface area contributed by atoms with Crippen molar-refractivity contribution in [3.63, 3.8) is 0 Å². The van der Waals surface area contributed by atoms with Crippen molar-refractivity contribution in [1.82, 2.24) is 4.90 Å². The first-order chi connectivity index (χ1) is 9.13. The number of hydrogen-bond donors (Lipinski definition) is 1. The minimum absolute atomic E-state index is 0.164. The number of likely N-dealkylation sites (tertiary alicyclic amines) is 1. The lowest BCUT2D eigenvalue weighted by molar-refractivity contribution is -0.145. The molecular formula is C15H21NO2S. The predicted molar refractivity (Wildman–Crippen MR) is 78.6 cm³/mol. The number of carboxylic acids is 1. The third kappa shape index (κ3) is 3.31. The van der Waals surface area contributed by atoms with E-state index in [0.29, 0.717) is 0 Å². The average Bonchev–Trinajstić information content (AvgIpc) is 2.46. The summed E-state index contributed by atoms with van der Waals surface area (Å²) in [6, 6.07) is 8.28. The Hall–Kier alpha value is -1.00. The summed E-state index contributed by atoms with van der Waals surface area (Å²) >= 11 is 1.72. The summed E-state index contributed by atoms with van der Waals surface area (Å²) in [5.74, 6) is -0.688. The molecule has 0 bridgehead atoms. The van der Waals surface area contributed by atoms with Crippen molar-refractivity contribution in [2.75, 3.05) is 12.8 Å². The number of nitrogens with zero attached hydrogens (tertiary/aromatic N) is 1. The molecule has 1 fully saturated rings. The number of piperidine rings is 1. The second-order valence-electron chi connectivity index (χ2n) is 5.04. The number of benzene rings is 1. The monoisotopic (exact) mass is 279 g/mol. The van der Waals surface area contributed by atoms with E-state index in [4.69, 9.17) is 0 Å². The van der Waals surface area contributed by atoms with Gasteiger partial charge >= 0.3 is 5.97 Å². The van der Waals surface area contributed by atoms with Crippen LogP contribution in [0.15, 0.2) is 29.2 Å². The maximum absolute atomic E-state index is 11.4. The molecule has 1 aromatic rings. The van der Waals surface area contributed by atoms with Crippen LogP contribution >= 0.6 is 11.8 Å². The Balaban J connectivity index is 2.15. The van der Waals surface area contributed by atoms with Gasteiger partial charge in [-0.1, -0.05) is 18.6 Å². The number of carboxylic acid groups (broad SMARTS) is 1. The highest BCUT2D eigenvalue weighted by Crippen LogP contribution is 2.29. The molecule has 0 amide bonds. The minimum Gasteiger partial charge on any atom is -0.480 e. The van der Waals surface area contributed by atoms with Crippen LogP contribution in [-0.2, 0) is 4.79 Å². The van der Waals surface area contributed by atoms with E-state index in [-0.39, 0.29) is 12.1 Å². The van der Waals surface area contributed by atoms with E-state index in [1.54, 1.807) is 11.8 Å². The molecule has 0 radical (unpaired) electrons. The summed E-state index contributed by atoms with van der Waals surface area (Å²) in [5, 5.41) is 9.34. The van der Waals surface area contributed by atoms with Gasteiger partial charge in [0, 0.05) is 10.9 Å². The highest BCUT2D eigenvalue weighted by atomic mass is 32.2. The molecular weight excluding hydrogens is 258 g/mol. The molecule has 2 unspecified atom stereocenters. The zero-order valence-corrected chi connectivity index (χ0v) is 12.3. The van der Waals surface area contributed by atoms with E-state index in [1.807, 2.05) is 0 Å². The molecule has 1 aliphatic heterocycles. The van der Waals surface area contributed by atoms with Crippen LogP contribution in [-0.4, -0.2) is 34.8 Å². The van der Waals surface area contributed by atoms with E-state index in [9.17, 15) is 9.90 Å². The van der Waals surface area contributed by atoms with E-state index in [0.717, 1.165) is 25.8 Å². The fraction of sp³-hybridized carbons (Fsp3) is 0.533. The van der Waals surface area contributed by atoms with Crippen molar-refractivity contribution in [1.29, 1.82) is 0 Å². The number of aliphatic carboxylic acids is 1. The first kappa shape index (κ1) is 14.4. The van der Waals surface area contributed by atoms with Crippen LogP contribution in [0.3, 0.4) is 0 Å². The molecule has 0 aromatic heterocycles. The van der Waals surface area contributed by atoms with Gasteiger partial charge in [0.1, 0.15) is 6.04 Å². The summed E-state index contributed by atoms with van der Waals surface area (Å²) in [6.45, 7) is 2.98. The van der Waals surface area contributed by atoms with Gasteiger partial charge in [-0.2, -0.15) is 0 Å². The SMILES string of the molecule is CSc1ccc(C(C)N2CCCCC2C(=O)O)cc1. The van der Waals surface area contributed by atoms with Gasteiger partial charge in [0.15, 0.2) is 0 Å². The standard InChI is InChI=1S/C15H21NO2S/c1-11(12-6-8-13(19-2)9-7-12)16-10-4-3-5-14(16)15(17)18/h6-9,11,14H,3-5,10H2,1-2H3,(H,17,18). The third-order valence-electron chi connectivity index (χ3n) is 3.92. The predicted octanol–water partition coefficient (Wildman–Crippen LogP) is 3.41. The van der Waals surface area contributed by atoms with E-state index in [2.05, 4.69) is 42.3 Å². The van der Waals surface area contributed by atoms with E-state index < -0.39 is 5.97 Å². The maximum atomic E-state index is 11.4. The molecule has 4 heteroatoms. The maximum Gasteiger partial charge on any atom is 0.320 e. The molecule has 3 nitrogen and oxygen atoms in total. The summed E-state index contributed by atoms with van der Waals surface area (Å²) in [6.07, 6.45) is 4.94. The lowest BCUT2D eigenvalue weighted by atomic mass is 9.97. The van der Waals surface area contributed by atoms with Crippen molar-refractivity contribution >= 4 is 17.7 Å². The largest absolute Gasteiger partial charge is 0.480 e.